The average molecular weight is 227 g/mol. The van der Waals surface area contributed by atoms with Gasteiger partial charge in [-0.3, -0.25) is 0 Å². The van der Waals surface area contributed by atoms with Crippen molar-refractivity contribution in [1.82, 2.24) is 9.97 Å². The molecule has 1 aromatic rings. The Morgan fingerprint density at radius 3 is 2.08 bits per heavy atom. The Bertz CT molecular complexity index is 269. The number of rotatable bonds is 2. The van der Waals surface area contributed by atoms with Gasteiger partial charge in [0.2, 0.25) is 5.28 Å². The molecule has 0 N–H and O–H groups in total. The van der Waals surface area contributed by atoms with Gasteiger partial charge in [-0.25, -0.2) is 9.97 Å². The van der Waals surface area contributed by atoms with Crippen molar-refractivity contribution < 1.29 is 4.74 Å². The Hall–Kier alpha value is -0.250. The number of hydrogen-bond acceptors (Lipinski definition) is 3. The summed E-state index contributed by atoms with van der Waals surface area (Å²) in [5.41, 5.74) is 0. The summed E-state index contributed by atoms with van der Waals surface area (Å²) >= 11 is 16.8. The third-order valence-corrected chi connectivity index (χ3v) is 1.73. The number of ether oxygens (including phenoxy) is 1. The van der Waals surface area contributed by atoms with E-state index in [4.69, 9.17) is 39.5 Å². The SMILES string of the molecule is CCOc1c(Cl)nc(Cl)nc1Cl. The van der Waals surface area contributed by atoms with Gasteiger partial charge in [0.15, 0.2) is 16.1 Å². The van der Waals surface area contributed by atoms with E-state index in [1.807, 2.05) is 0 Å². The molecule has 1 heterocycles. The standard InChI is InChI=1S/C6H5Cl3N2O/c1-2-12-3-4(7)10-6(9)11-5(3)8/h2H2,1H3. The maximum Gasteiger partial charge on any atom is 0.225 e. The van der Waals surface area contributed by atoms with Crippen LogP contribution in [0.2, 0.25) is 15.6 Å². The van der Waals surface area contributed by atoms with Crippen molar-refractivity contribution in [3.63, 3.8) is 0 Å². The monoisotopic (exact) mass is 226 g/mol. The first kappa shape index (κ1) is 9.84. The molecule has 0 aromatic carbocycles. The van der Waals surface area contributed by atoms with Gasteiger partial charge in [0.25, 0.3) is 0 Å². The summed E-state index contributed by atoms with van der Waals surface area (Å²) in [5, 5.41) is 0.261. The summed E-state index contributed by atoms with van der Waals surface area (Å²) in [5.74, 6) is 0.269. The minimum atomic E-state index is 0.00783. The molecule has 0 spiro atoms. The predicted molar refractivity (Wildman–Crippen MR) is 48.2 cm³/mol. The average Bonchev–Trinajstić information content (AvgIpc) is 1.96. The Morgan fingerprint density at radius 2 is 1.67 bits per heavy atom. The lowest BCUT2D eigenvalue weighted by atomic mass is 10.6. The molecule has 66 valence electrons. The van der Waals surface area contributed by atoms with Gasteiger partial charge in [0.1, 0.15) is 0 Å². The van der Waals surface area contributed by atoms with Crippen LogP contribution in [0, 0.1) is 0 Å². The number of nitrogens with zero attached hydrogens (tertiary/aromatic N) is 2. The van der Waals surface area contributed by atoms with Crippen LogP contribution in [0.5, 0.6) is 5.75 Å². The van der Waals surface area contributed by atoms with Gasteiger partial charge in [-0.05, 0) is 18.5 Å². The van der Waals surface area contributed by atoms with E-state index in [9.17, 15) is 0 Å². The normalized spacial score (nSPS) is 10.0. The van der Waals surface area contributed by atoms with Crippen LogP contribution in [0.4, 0.5) is 0 Å². The molecular formula is C6H5Cl3N2O. The van der Waals surface area contributed by atoms with E-state index in [1.54, 1.807) is 6.92 Å². The topological polar surface area (TPSA) is 35.0 Å². The highest BCUT2D eigenvalue weighted by Crippen LogP contribution is 2.30. The molecule has 0 aliphatic carbocycles. The minimum absolute atomic E-state index is 0.00783. The van der Waals surface area contributed by atoms with Crippen molar-refractivity contribution in [2.24, 2.45) is 0 Å². The van der Waals surface area contributed by atoms with Crippen molar-refractivity contribution in [2.45, 2.75) is 6.92 Å². The van der Waals surface area contributed by atoms with Crippen LogP contribution in [0.1, 0.15) is 6.92 Å². The van der Waals surface area contributed by atoms with Crippen LogP contribution in [-0.2, 0) is 0 Å². The van der Waals surface area contributed by atoms with Crippen molar-refractivity contribution in [2.75, 3.05) is 6.61 Å². The summed E-state index contributed by atoms with van der Waals surface area (Å²) in [6.07, 6.45) is 0. The second-order valence-electron chi connectivity index (χ2n) is 1.84. The third kappa shape index (κ3) is 2.12. The predicted octanol–water partition coefficient (Wildman–Crippen LogP) is 2.84. The molecule has 0 aliphatic heterocycles. The first-order chi connectivity index (χ1) is 5.65. The van der Waals surface area contributed by atoms with Gasteiger partial charge in [0.05, 0.1) is 6.61 Å². The van der Waals surface area contributed by atoms with E-state index < -0.39 is 0 Å². The molecule has 0 saturated carbocycles. The molecule has 12 heavy (non-hydrogen) atoms. The van der Waals surface area contributed by atoms with E-state index in [1.165, 1.54) is 0 Å². The van der Waals surface area contributed by atoms with Gasteiger partial charge in [0, 0.05) is 0 Å². The summed E-state index contributed by atoms with van der Waals surface area (Å²) in [4.78, 5) is 7.33. The Morgan fingerprint density at radius 1 is 1.17 bits per heavy atom. The third-order valence-electron chi connectivity index (χ3n) is 1.04. The minimum Gasteiger partial charge on any atom is -0.488 e. The molecule has 0 bridgehead atoms. The molecule has 0 atom stereocenters. The highest BCUT2D eigenvalue weighted by molar-refractivity contribution is 6.37. The Balaban J connectivity index is 3.10. The number of halogens is 3. The quantitative estimate of drug-likeness (QED) is 0.576. The van der Waals surface area contributed by atoms with Crippen LogP contribution in [0.25, 0.3) is 0 Å². The smallest absolute Gasteiger partial charge is 0.225 e. The summed E-state index contributed by atoms with van der Waals surface area (Å²) in [7, 11) is 0. The van der Waals surface area contributed by atoms with Gasteiger partial charge in [-0.2, -0.15) is 0 Å². The lowest BCUT2D eigenvalue weighted by molar-refractivity contribution is 0.338. The van der Waals surface area contributed by atoms with Crippen LogP contribution in [-0.4, -0.2) is 16.6 Å². The van der Waals surface area contributed by atoms with Crippen LogP contribution < -0.4 is 4.74 Å². The molecule has 1 rings (SSSR count). The maximum atomic E-state index is 5.67. The van der Waals surface area contributed by atoms with Gasteiger partial charge in [-0.15, -0.1) is 0 Å². The van der Waals surface area contributed by atoms with Crippen molar-refractivity contribution >= 4 is 34.8 Å². The molecule has 3 nitrogen and oxygen atoms in total. The zero-order chi connectivity index (χ0) is 9.14. The van der Waals surface area contributed by atoms with E-state index in [-0.39, 0.29) is 21.3 Å². The van der Waals surface area contributed by atoms with Crippen LogP contribution in [0.15, 0.2) is 0 Å². The fourth-order valence-electron chi connectivity index (χ4n) is 0.637. The molecular weight excluding hydrogens is 222 g/mol. The highest BCUT2D eigenvalue weighted by Gasteiger charge is 2.10. The maximum absolute atomic E-state index is 5.67. The van der Waals surface area contributed by atoms with E-state index in [0.717, 1.165) is 0 Å². The zero-order valence-electron chi connectivity index (χ0n) is 6.14. The van der Waals surface area contributed by atoms with Crippen LogP contribution in [0.3, 0.4) is 0 Å². The first-order valence-electron chi connectivity index (χ1n) is 3.16. The first-order valence-corrected chi connectivity index (χ1v) is 4.30. The van der Waals surface area contributed by atoms with Crippen LogP contribution >= 0.6 is 34.8 Å². The summed E-state index contributed by atoms with van der Waals surface area (Å²) < 4.78 is 5.07. The number of hydrogen-bond donors (Lipinski definition) is 0. The number of aromatic nitrogens is 2. The fourth-order valence-corrected chi connectivity index (χ4v) is 1.39. The second kappa shape index (κ2) is 4.12. The largest absolute Gasteiger partial charge is 0.488 e. The molecule has 0 unspecified atom stereocenters. The molecule has 0 fully saturated rings. The lowest BCUT2D eigenvalue weighted by Crippen LogP contribution is -1.96. The summed E-state index contributed by atoms with van der Waals surface area (Å²) in [6, 6.07) is 0. The van der Waals surface area contributed by atoms with Crippen molar-refractivity contribution in [1.29, 1.82) is 0 Å². The van der Waals surface area contributed by atoms with Gasteiger partial charge >= 0.3 is 0 Å². The molecule has 0 radical (unpaired) electrons. The van der Waals surface area contributed by atoms with E-state index in [2.05, 4.69) is 9.97 Å². The van der Waals surface area contributed by atoms with Gasteiger partial charge < -0.3 is 4.74 Å². The van der Waals surface area contributed by atoms with E-state index >= 15 is 0 Å². The molecule has 0 aliphatic rings. The molecule has 0 amide bonds. The highest BCUT2D eigenvalue weighted by atomic mass is 35.5. The van der Waals surface area contributed by atoms with E-state index in [0.29, 0.717) is 6.61 Å². The lowest BCUT2D eigenvalue weighted by Gasteiger charge is -2.05. The zero-order valence-corrected chi connectivity index (χ0v) is 8.41. The molecule has 0 saturated heterocycles. The Kier molecular flexibility index (Phi) is 3.38. The molecule has 6 heteroatoms. The van der Waals surface area contributed by atoms with Gasteiger partial charge in [-0.1, -0.05) is 23.2 Å². The second-order valence-corrected chi connectivity index (χ2v) is 2.89. The fraction of sp³-hybridized carbons (Fsp3) is 0.333. The Labute approximate surface area is 84.6 Å². The summed E-state index contributed by atoms with van der Waals surface area (Å²) in [6.45, 7) is 2.26. The van der Waals surface area contributed by atoms with Crippen molar-refractivity contribution in [3.8, 4) is 5.75 Å². The van der Waals surface area contributed by atoms with Crippen molar-refractivity contribution in [3.05, 3.63) is 15.6 Å². The molecule has 1 aromatic heterocycles.